The van der Waals surface area contributed by atoms with Crippen LogP contribution in [-0.4, -0.2) is 23.7 Å². The molecule has 0 saturated heterocycles. The summed E-state index contributed by atoms with van der Waals surface area (Å²) in [5.41, 5.74) is 2.71. The lowest BCUT2D eigenvalue weighted by atomic mass is 10.1. The van der Waals surface area contributed by atoms with Crippen LogP contribution < -0.4 is 10.6 Å². The molecule has 0 aliphatic carbocycles. The Labute approximate surface area is 120 Å². The number of nitrogens with one attached hydrogen (secondary N) is 2. The average Bonchev–Trinajstić information content (AvgIpc) is 2.29. The highest BCUT2D eigenvalue weighted by atomic mass is 79.9. The maximum absolute atomic E-state index is 11.7. The Hall–Kier alpha value is -1.56. The predicted octanol–water partition coefficient (Wildman–Crippen LogP) is 3.05. The van der Waals surface area contributed by atoms with Crippen molar-refractivity contribution in [2.75, 3.05) is 11.9 Å². The van der Waals surface area contributed by atoms with Crippen molar-refractivity contribution in [3.05, 3.63) is 27.7 Å². The molecule has 19 heavy (non-hydrogen) atoms. The van der Waals surface area contributed by atoms with Crippen LogP contribution in [0.5, 0.6) is 0 Å². The number of aryl methyl sites for hydroxylation is 2. The van der Waals surface area contributed by atoms with Crippen LogP contribution in [0.2, 0.25) is 0 Å². The Kier molecular flexibility index (Phi) is 5.82. The van der Waals surface area contributed by atoms with Gasteiger partial charge in [-0.3, -0.25) is 4.79 Å². The number of halogens is 1. The van der Waals surface area contributed by atoms with Crippen molar-refractivity contribution in [1.82, 2.24) is 5.32 Å². The largest absolute Gasteiger partial charge is 0.481 e. The molecular weight excluding hydrogens is 312 g/mol. The number of carboxylic acids is 1. The molecular formula is C13H17BrN2O3. The molecule has 0 unspecified atom stereocenters. The minimum atomic E-state index is -0.859. The summed E-state index contributed by atoms with van der Waals surface area (Å²) >= 11 is 3.39. The highest BCUT2D eigenvalue weighted by molar-refractivity contribution is 9.10. The minimum Gasteiger partial charge on any atom is -0.481 e. The normalized spacial score (nSPS) is 10.1. The molecule has 5 nitrogen and oxygen atoms in total. The Morgan fingerprint density at radius 1 is 1.26 bits per heavy atom. The van der Waals surface area contributed by atoms with Gasteiger partial charge in [0.05, 0.1) is 0 Å². The van der Waals surface area contributed by atoms with Gasteiger partial charge >= 0.3 is 12.0 Å². The maximum Gasteiger partial charge on any atom is 0.319 e. The zero-order valence-electron chi connectivity index (χ0n) is 10.9. The summed E-state index contributed by atoms with van der Waals surface area (Å²) in [6, 6.07) is 3.53. The Bertz CT molecular complexity index is 466. The topological polar surface area (TPSA) is 78.4 Å². The van der Waals surface area contributed by atoms with Crippen molar-refractivity contribution in [3.63, 3.8) is 0 Å². The standard InChI is InChI=1S/C13H17BrN2O3/c1-8-6-10(14)7-9(2)12(8)16-13(19)15-5-3-4-11(17)18/h6-7H,3-5H2,1-2H3,(H,17,18)(H2,15,16,19). The number of hydrogen-bond acceptors (Lipinski definition) is 2. The quantitative estimate of drug-likeness (QED) is 0.727. The van der Waals surface area contributed by atoms with Gasteiger partial charge < -0.3 is 15.7 Å². The zero-order chi connectivity index (χ0) is 14.4. The number of carbonyl (C=O) groups is 2. The van der Waals surface area contributed by atoms with Gasteiger partial charge in [-0.1, -0.05) is 15.9 Å². The molecule has 2 amide bonds. The SMILES string of the molecule is Cc1cc(Br)cc(C)c1NC(=O)NCCCC(=O)O. The van der Waals surface area contributed by atoms with Crippen LogP contribution in [0.1, 0.15) is 24.0 Å². The smallest absolute Gasteiger partial charge is 0.319 e. The van der Waals surface area contributed by atoms with Gasteiger partial charge in [-0.2, -0.15) is 0 Å². The molecule has 0 radical (unpaired) electrons. The fraction of sp³-hybridized carbons (Fsp3) is 0.385. The van der Waals surface area contributed by atoms with Crippen LogP contribution in [0.15, 0.2) is 16.6 Å². The second-order valence-electron chi connectivity index (χ2n) is 4.29. The third-order valence-corrected chi connectivity index (χ3v) is 3.05. The number of hydrogen-bond donors (Lipinski definition) is 3. The lowest BCUT2D eigenvalue weighted by molar-refractivity contribution is -0.137. The van der Waals surface area contributed by atoms with Crippen LogP contribution in [0.4, 0.5) is 10.5 Å². The number of aliphatic carboxylic acids is 1. The molecule has 0 aliphatic heterocycles. The average molecular weight is 329 g/mol. The molecule has 0 atom stereocenters. The molecule has 0 saturated carbocycles. The first kappa shape index (κ1) is 15.5. The molecule has 0 heterocycles. The predicted molar refractivity (Wildman–Crippen MR) is 77.5 cm³/mol. The highest BCUT2D eigenvalue weighted by Crippen LogP contribution is 2.24. The summed E-state index contributed by atoms with van der Waals surface area (Å²) in [6.45, 7) is 4.17. The molecule has 6 heteroatoms. The molecule has 0 spiro atoms. The molecule has 3 N–H and O–H groups in total. The van der Waals surface area contributed by atoms with Gasteiger partial charge in [0.25, 0.3) is 0 Å². The molecule has 0 fully saturated rings. The van der Waals surface area contributed by atoms with E-state index in [1.54, 1.807) is 0 Å². The second-order valence-corrected chi connectivity index (χ2v) is 5.21. The van der Waals surface area contributed by atoms with E-state index < -0.39 is 5.97 Å². The van der Waals surface area contributed by atoms with E-state index in [9.17, 15) is 9.59 Å². The number of carboxylic acid groups (broad SMARTS) is 1. The van der Waals surface area contributed by atoms with E-state index in [4.69, 9.17) is 5.11 Å². The first-order chi connectivity index (χ1) is 8.90. The molecule has 0 aliphatic rings. The van der Waals surface area contributed by atoms with Crippen LogP contribution in [0.3, 0.4) is 0 Å². The van der Waals surface area contributed by atoms with Crippen molar-refractivity contribution < 1.29 is 14.7 Å². The van der Waals surface area contributed by atoms with Gasteiger partial charge in [0, 0.05) is 23.1 Å². The molecule has 104 valence electrons. The fourth-order valence-corrected chi connectivity index (χ4v) is 2.39. The van der Waals surface area contributed by atoms with Gasteiger partial charge in [0.2, 0.25) is 0 Å². The van der Waals surface area contributed by atoms with Crippen LogP contribution >= 0.6 is 15.9 Å². The number of rotatable bonds is 5. The van der Waals surface area contributed by atoms with E-state index in [1.807, 2.05) is 26.0 Å². The number of anilines is 1. The third-order valence-electron chi connectivity index (χ3n) is 2.59. The van der Waals surface area contributed by atoms with Crippen LogP contribution in [-0.2, 0) is 4.79 Å². The zero-order valence-corrected chi connectivity index (χ0v) is 12.5. The van der Waals surface area contributed by atoms with E-state index >= 15 is 0 Å². The molecule has 0 bridgehead atoms. The van der Waals surface area contributed by atoms with Gasteiger partial charge in [-0.05, 0) is 43.5 Å². The molecule has 1 aromatic rings. The van der Waals surface area contributed by atoms with E-state index in [2.05, 4.69) is 26.6 Å². The summed E-state index contributed by atoms with van der Waals surface area (Å²) in [4.78, 5) is 22.0. The molecule has 1 aromatic carbocycles. The van der Waals surface area contributed by atoms with Crippen molar-refractivity contribution in [2.24, 2.45) is 0 Å². The van der Waals surface area contributed by atoms with Crippen molar-refractivity contribution >= 4 is 33.6 Å². The van der Waals surface area contributed by atoms with Crippen molar-refractivity contribution in [1.29, 1.82) is 0 Å². The Balaban J connectivity index is 2.51. The van der Waals surface area contributed by atoms with Crippen LogP contribution in [0.25, 0.3) is 0 Å². The monoisotopic (exact) mass is 328 g/mol. The Morgan fingerprint density at radius 3 is 2.37 bits per heavy atom. The molecule has 1 rings (SSSR count). The minimum absolute atomic E-state index is 0.0522. The first-order valence-corrected chi connectivity index (χ1v) is 6.73. The highest BCUT2D eigenvalue weighted by Gasteiger charge is 2.08. The van der Waals surface area contributed by atoms with Gasteiger partial charge in [-0.15, -0.1) is 0 Å². The summed E-state index contributed by atoms with van der Waals surface area (Å²) in [5, 5.41) is 13.9. The van der Waals surface area contributed by atoms with E-state index in [0.29, 0.717) is 13.0 Å². The van der Waals surface area contributed by atoms with E-state index in [-0.39, 0.29) is 12.5 Å². The molecule has 0 aromatic heterocycles. The first-order valence-electron chi connectivity index (χ1n) is 5.93. The maximum atomic E-state index is 11.7. The van der Waals surface area contributed by atoms with Gasteiger partial charge in [0.15, 0.2) is 0 Å². The third kappa shape index (κ3) is 5.30. The fourth-order valence-electron chi connectivity index (χ4n) is 1.71. The number of urea groups is 1. The lowest BCUT2D eigenvalue weighted by Crippen LogP contribution is -2.30. The van der Waals surface area contributed by atoms with Gasteiger partial charge in [0.1, 0.15) is 0 Å². The van der Waals surface area contributed by atoms with Gasteiger partial charge in [-0.25, -0.2) is 4.79 Å². The van der Waals surface area contributed by atoms with Crippen LogP contribution in [0, 0.1) is 13.8 Å². The van der Waals surface area contributed by atoms with Crippen molar-refractivity contribution in [2.45, 2.75) is 26.7 Å². The summed E-state index contributed by atoms with van der Waals surface area (Å²) in [6.07, 6.45) is 0.470. The van der Waals surface area contributed by atoms with E-state index in [1.165, 1.54) is 0 Å². The number of amides is 2. The summed E-state index contributed by atoms with van der Waals surface area (Å²) < 4.78 is 0.968. The lowest BCUT2D eigenvalue weighted by Gasteiger charge is -2.13. The van der Waals surface area contributed by atoms with Crippen molar-refractivity contribution in [3.8, 4) is 0 Å². The van der Waals surface area contributed by atoms with E-state index in [0.717, 1.165) is 21.3 Å². The number of carbonyl (C=O) groups excluding carboxylic acids is 1. The second kappa shape index (κ2) is 7.13. The summed E-state index contributed by atoms with van der Waals surface area (Å²) in [7, 11) is 0. The Morgan fingerprint density at radius 2 is 1.84 bits per heavy atom. The number of benzene rings is 1. The summed E-state index contributed by atoms with van der Waals surface area (Å²) in [5.74, 6) is -0.859.